The lowest BCUT2D eigenvalue weighted by atomic mass is 10.0. The molecule has 0 fully saturated rings. The topological polar surface area (TPSA) is 169 Å². The number of carboxylic acids is 2. The zero-order chi connectivity index (χ0) is 44.1. The summed E-state index contributed by atoms with van der Waals surface area (Å²) in [5.74, 6) is -1.28. The molecule has 11 nitrogen and oxygen atoms in total. The first-order chi connectivity index (χ1) is 28.7. The second kappa shape index (κ2) is 55.8. The molecule has 0 aliphatic heterocycles. The van der Waals surface area contributed by atoms with Crippen LogP contribution in [0, 0.1) is 0 Å². The van der Waals surface area contributed by atoms with E-state index in [0.29, 0.717) is 25.9 Å². The Kier molecular flexibility index (Phi) is 57.7. The molecule has 0 aromatic rings. The molecule has 7 N–H and O–H groups in total. The molecule has 0 rings (SSSR count). The Morgan fingerprint density at radius 3 is 0.678 bits per heavy atom. The number of nitrogens with one attached hydrogen (secondary N) is 5. The number of carbonyl (C=O) groups is 4. The highest BCUT2D eigenvalue weighted by atomic mass is 16.4. The molecule has 0 spiro atoms. The van der Waals surface area contributed by atoms with Gasteiger partial charge in [0.25, 0.3) is 11.9 Å². The number of carboxylic acid groups (broad SMARTS) is 2. The Bertz CT molecular complexity index is 803. The van der Waals surface area contributed by atoms with E-state index in [4.69, 9.17) is 19.8 Å². The molecule has 0 heterocycles. The van der Waals surface area contributed by atoms with Gasteiger partial charge in [-0.25, -0.2) is 0 Å². The molecule has 0 aliphatic rings. The average molecular weight is 842 g/mol. The standard InChI is InChI=1S/C44H91N5O2.2C2H4O2/c1-3-5-7-9-11-13-15-17-19-21-23-25-27-29-31-33-43(50)48-41-39-46-37-35-45-36-38-47-40-42-49-44(51)34-32-30-28-26-24-22-20-18-16-14-12-10-8-6-4-2;2*1-2(3)4/h45-47H,3-42H2,1-2H3,(H,48,50)(H,49,51);2*1H3,(H,3,4). The molecule has 0 saturated heterocycles. The van der Waals surface area contributed by atoms with Crippen LogP contribution in [0.15, 0.2) is 0 Å². The second-order valence-electron chi connectivity index (χ2n) is 16.4. The Balaban J connectivity index is -0.00000356. The zero-order valence-corrected chi connectivity index (χ0v) is 39.3. The number of unbranched alkanes of at least 4 members (excludes halogenated alkanes) is 28. The van der Waals surface area contributed by atoms with Crippen molar-refractivity contribution in [3.05, 3.63) is 0 Å². The van der Waals surface area contributed by atoms with E-state index in [2.05, 4.69) is 40.4 Å². The average Bonchev–Trinajstić information content (AvgIpc) is 3.19. The van der Waals surface area contributed by atoms with E-state index in [-0.39, 0.29) is 11.8 Å². The van der Waals surface area contributed by atoms with E-state index in [9.17, 15) is 9.59 Å². The maximum Gasteiger partial charge on any atom is 0.300 e. The summed E-state index contributed by atoms with van der Waals surface area (Å²) in [7, 11) is 0. The van der Waals surface area contributed by atoms with E-state index in [1.54, 1.807) is 0 Å². The van der Waals surface area contributed by atoms with Crippen LogP contribution in [-0.2, 0) is 19.2 Å². The minimum atomic E-state index is -0.833. The summed E-state index contributed by atoms with van der Waals surface area (Å²) in [6.45, 7) is 13.4. The van der Waals surface area contributed by atoms with Gasteiger partial charge in [-0.15, -0.1) is 0 Å². The first-order valence-electron chi connectivity index (χ1n) is 24.7. The quantitative estimate of drug-likeness (QED) is 0.0295. The lowest BCUT2D eigenvalue weighted by Crippen LogP contribution is -2.37. The van der Waals surface area contributed by atoms with Gasteiger partial charge in [-0.05, 0) is 12.8 Å². The Morgan fingerprint density at radius 1 is 0.305 bits per heavy atom. The van der Waals surface area contributed by atoms with Gasteiger partial charge in [0.15, 0.2) is 0 Å². The van der Waals surface area contributed by atoms with Crippen LogP contribution in [0.4, 0.5) is 0 Å². The Labute approximate surface area is 364 Å². The fourth-order valence-corrected chi connectivity index (χ4v) is 6.80. The lowest BCUT2D eigenvalue weighted by Gasteiger charge is -2.09. The van der Waals surface area contributed by atoms with Gasteiger partial charge < -0.3 is 36.8 Å². The Morgan fingerprint density at radius 2 is 0.475 bits per heavy atom. The Hall–Kier alpha value is -2.24. The fourth-order valence-electron chi connectivity index (χ4n) is 6.80. The highest BCUT2D eigenvalue weighted by Crippen LogP contribution is 2.15. The molecule has 0 unspecified atom stereocenters. The van der Waals surface area contributed by atoms with Crippen molar-refractivity contribution in [2.75, 3.05) is 52.4 Å². The van der Waals surface area contributed by atoms with Crippen LogP contribution in [0.2, 0.25) is 0 Å². The van der Waals surface area contributed by atoms with Crippen molar-refractivity contribution >= 4 is 23.8 Å². The molecule has 352 valence electrons. The number of aliphatic carboxylic acids is 2. The molecule has 11 heteroatoms. The van der Waals surface area contributed by atoms with E-state index < -0.39 is 11.9 Å². The zero-order valence-electron chi connectivity index (χ0n) is 39.3. The molecular formula is C48H99N5O6. The van der Waals surface area contributed by atoms with Crippen LogP contribution in [0.5, 0.6) is 0 Å². The third kappa shape index (κ3) is 70.7. The monoisotopic (exact) mass is 842 g/mol. The van der Waals surface area contributed by atoms with Crippen LogP contribution in [0.1, 0.15) is 233 Å². The van der Waals surface area contributed by atoms with Crippen molar-refractivity contribution in [1.82, 2.24) is 26.6 Å². The molecule has 0 aromatic carbocycles. The maximum atomic E-state index is 12.1. The lowest BCUT2D eigenvalue weighted by molar-refractivity contribution is -0.135. The summed E-state index contributed by atoms with van der Waals surface area (Å²) in [6.07, 6.45) is 41.8. The van der Waals surface area contributed by atoms with Crippen molar-refractivity contribution in [1.29, 1.82) is 0 Å². The predicted octanol–water partition coefficient (Wildman–Crippen LogP) is 10.7. The molecule has 0 saturated carbocycles. The van der Waals surface area contributed by atoms with Gasteiger partial charge in [0.05, 0.1) is 0 Å². The molecule has 2 amide bonds. The number of rotatable bonds is 44. The first-order valence-corrected chi connectivity index (χ1v) is 24.7. The van der Waals surface area contributed by atoms with Gasteiger partial charge in [-0.3, -0.25) is 19.2 Å². The van der Waals surface area contributed by atoms with Crippen LogP contribution in [-0.4, -0.2) is 86.3 Å². The molecule has 0 radical (unpaired) electrons. The van der Waals surface area contributed by atoms with Gasteiger partial charge in [-0.1, -0.05) is 194 Å². The summed E-state index contributed by atoms with van der Waals surface area (Å²) in [5.41, 5.74) is 0. The SMILES string of the molecule is CC(=O)O.CC(=O)O.CCCCCCCCCCCCCCCCCC(=O)NCCNCCNCCNCCNC(=O)CCCCCCCCCCCCCCCCC. The van der Waals surface area contributed by atoms with Crippen LogP contribution in [0.3, 0.4) is 0 Å². The number of hydrogen-bond acceptors (Lipinski definition) is 7. The van der Waals surface area contributed by atoms with Gasteiger partial charge in [0.1, 0.15) is 0 Å². The largest absolute Gasteiger partial charge is 0.481 e. The normalized spacial score (nSPS) is 10.6. The third-order valence-electron chi connectivity index (χ3n) is 10.2. The summed E-state index contributed by atoms with van der Waals surface area (Å²) in [5, 5.41) is 31.1. The minimum Gasteiger partial charge on any atom is -0.481 e. The summed E-state index contributed by atoms with van der Waals surface area (Å²) >= 11 is 0. The van der Waals surface area contributed by atoms with Crippen molar-refractivity contribution in [2.45, 2.75) is 233 Å². The van der Waals surface area contributed by atoms with Gasteiger partial charge >= 0.3 is 0 Å². The van der Waals surface area contributed by atoms with Crippen molar-refractivity contribution in [2.24, 2.45) is 0 Å². The van der Waals surface area contributed by atoms with Crippen molar-refractivity contribution in [3.63, 3.8) is 0 Å². The highest BCUT2D eigenvalue weighted by molar-refractivity contribution is 5.76. The summed E-state index contributed by atoms with van der Waals surface area (Å²) in [4.78, 5) is 42.1. The van der Waals surface area contributed by atoms with Crippen molar-refractivity contribution < 1.29 is 29.4 Å². The summed E-state index contributed by atoms with van der Waals surface area (Å²) in [6, 6.07) is 0. The number of hydrogen-bond donors (Lipinski definition) is 7. The number of carbonyl (C=O) groups excluding carboxylic acids is 2. The third-order valence-corrected chi connectivity index (χ3v) is 10.2. The minimum absolute atomic E-state index is 0.192. The van der Waals surface area contributed by atoms with Crippen LogP contribution >= 0.6 is 0 Å². The number of amides is 2. The smallest absolute Gasteiger partial charge is 0.300 e. The van der Waals surface area contributed by atoms with E-state index >= 15 is 0 Å². The molecule has 0 atom stereocenters. The molecule has 0 aromatic heterocycles. The second-order valence-corrected chi connectivity index (χ2v) is 16.4. The molecule has 0 bridgehead atoms. The molecular weight excluding hydrogens is 743 g/mol. The first kappa shape index (κ1) is 61.1. The van der Waals surface area contributed by atoms with Crippen LogP contribution < -0.4 is 26.6 Å². The van der Waals surface area contributed by atoms with Crippen molar-refractivity contribution in [3.8, 4) is 0 Å². The molecule has 59 heavy (non-hydrogen) atoms. The summed E-state index contributed by atoms with van der Waals surface area (Å²) < 4.78 is 0. The van der Waals surface area contributed by atoms with E-state index in [0.717, 1.165) is 66.0 Å². The van der Waals surface area contributed by atoms with Gasteiger partial charge in [0, 0.05) is 79.0 Å². The fraction of sp³-hybridized carbons (Fsp3) is 0.917. The predicted molar refractivity (Wildman–Crippen MR) is 250 cm³/mol. The van der Waals surface area contributed by atoms with Crippen LogP contribution in [0.25, 0.3) is 0 Å². The maximum absolute atomic E-state index is 12.1. The highest BCUT2D eigenvalue weighted by Gasteiger charge is 2.02. The van der Waals surface area contributed by atoms with Gasteiger partial charge in [0.2, 0.25) is 11.8 Å². The van der Waals surface area contributed by atoms with E-state index in [1.807, 2.05) is 0 Å². The van der Waals surface area contributed by atoms with Gasteiger partial charge in [-0.2, -0.15) is 0 Å². The van der Waals surface area contributed by atoms with E-state index in [1.165, 1.54) is 180 Å². The molecule has 0 aliphatic carbocycles.